The largest absolute Gasteiger partial charge is 0.346 e. The highest BCUT2D eigenvalue weighted by Crippen LogP contribution is 2.30. The fraction of sp³-hybridized carbons (Fsp3) is 0.286. The normalized spacial score (nSPS) is 14.6. The van der Waals surface area contributed by atoms with Crippen LogP contribution in [0.1, 0.15) is 36.2 Å². The van der Waals surface area contributed by atoms with Crippen LogP contribution in [0.4, 0.5) is 0 Å². The van der Waals surface area contributed by atoms with E-state index in [1.807, 2.05) is 29.3 Å². The number of amides is 1. The van der Waals surface area contributed by atoms with Gasteiger partial charge in [0.25, 0.3) is 5.91 Å². The second kappa shape index (κ2) is 7.56. The summed E-state index contributed by atoms with van der Waals surface area (Å²) in [5.41, 5.74) is 4.05. The minimum absolute atomic E-state index is 0.0575. The maximum absolute atomic E-state index is 13.0. The summed E-state index contributed by atoms with van der Waals surface area (Å²) in [6, 6.07) is 7.75. The molecule has 0 aromatic carbocycles. The van der Waals surface area contributed by atoms with Crippen LogP contribution >= 0.6 is 11.8 Å². The van der Waals surface area contributed by atoms with Gasteiger partial charge in [-0.25, -0.2) is 9.97 Å². The van der Waals surface area contributed by atoms with Gasteiger partial charge in [-0.3, -0.25) is 4.79 Å². The zero-order valence-corrected chi connectivity index (χ0v) is 16.3. The van der Waals surface area contributed by atoms with E-state index >= 15 is 0 Å². The molecule has 1 N–H and O–H groups in total. The third-order valence-corrected chi connectivity index (χ3v) is 5.66. The highest BCUT2D eigenvalue weighted by atomic mass is 32.2. The molecular weight excluding hydrogens is 356 g/mol. The number of H-pyrrole nitrogens is 1. The molecule has 138 valence electrons. The minimum atomic E-state index is 0.0575. The number of carbonyl (C=O) groups is 1. The van der Waals surface area contributed by atoms with Crippen LogP contribution in [0.3, 0.4) is 0 Å². The Morgan fingerprint density at radius 3 is 2.81 bits per heavy atom. The second-order valence-corrected chi connectivity index (χ2v) is 8.42. The first-order valence-corrected chi connectivity index (χ1v) is 10.0. The van der Waals surface area contributed by atoms with Crippen molar-refractivity contribution in [1.29, 1.82) is 0 Å². The van der Waals surface area contributed by atoms with Gasteiger partial charge >= 0.3 is 0 Å². The van der Waals surface area contributed by atoms with E-state index < -0.39 is 0 Å². The minimum Gasteiger partial charge on any atom is -0.346 e. The molecule has 0 aliphatic carbocycles. The SMILES string of the molecule is CC(C)Sc1ncccc1C(=O)N1CC=C(c2c[nH]c3ncccc23)CC1. The standard InChI is InChI=1S/C21H22N4OS/c1-14(2)27-20-17(6-4-10-23-20)21(26)25-11-7-15(8-12-25)18-13-24-19-16(18)5-3-9-22-19/h3-7,9-10,13-14H,8,11-12H2,1-2H3,(H,22,24). The quantitative estimate of drug-likeness (QED) is 0.684. The van der Waals surface area contributed by atoms with E-state index in [1.165, 1.54) is 11.1 Å². The van der Waals surface area contributed by atoms with Crippen LogP contribution in [0.25, 0.3) is 16.6 Å². The van der Waals surface area contributed by atoms with Crippen molar-refractivity contribution in [3.05, 3.63) is 60.1 Å². The molecule has 4 rings (SSSR count). The van der Waals surface area contributed by atoms with Crippen molar-refractivity contribution in [3.63, 3.8) is 0 Å². The number of rotatable bonds is 4. The molecule has 0 saturated carbocycles. The van der Waals surface area contributed by atoms with E-state index in [0.717, 1.165) is 22.5 Å². The molecule has 4 heterocycles. The van der Waals surface area contributed by atoms with Crippen molar-refractivity contribution >= 4 is 34.3 Å². The summed E-state index contributed by atoms with van der Waals surface area (Å²) in [5.74, 6) is 0.0575. The molecule has 0 unspecified atom stereocenters. The molecular formula is C21H22N4OS. The number of aromatic amines is 1. The molecule has 27 heavy (non-hydrogen) atoms. The molecule has 0 atom stereocenters. The number of nitrogens with one attached hydrogen (secondary N) is 1. The van der Waals surface area contributed by atoms with Crippen LogP contribution in [-0.4, -0.2) is 44.1 Å². The Morgan fingerprint density at radius 2 is 2.04 bits per heavy atom. The third-order valence-electron chi connectivity index (χ3n) is 4.64. The maximum Gasteiger partial charge on any atom is 0.256 e. The van der Waals surface area contributed by atoms with Crippen molar-refractivity contribution in [3.8, 4) is 0 Å². The van der Waals surface area contributed by atoms with Gasteiger partial charge in [-0.15, -0.1) is 11.8 Å². The van der Waals surface area contributed by atoms with Crippen molar-refractivity contribution in [2.75, 3.05) is 13.1 Å². The number of hydrogen-bond donors (Lipinski definition) is 1. The summed E-state index contributed by atoms with van der Waals surface area (Å²) in [7, 11) is 0. The Kier molecular flexibility index (Phi) is 4.99. The summed E-state index contributed by atoms with van der Waals surface area (Å²) in [6.45, 7) is 5.54. The summed E-state index contributed by atoms with van der Waals surface area (Å²) in [6.07, 6.45) is 8.54. The van der Waals surface area contributed by atoms with Gasteiger partial charge in [-0.2, -0.15) is 0 Å². The Labute approximate surface area is 162 Å². The monoisotopic (exact) mass is 378 g/mol. The Balaban J connectivity index is 1.54. The van der Waals surface area contributed by atoms with Gasteiger partial charge in [0.2, 0.25) is 0 Å². The van der Waals surface area contributed by atoms with E-state index in [2.05, 4.69) is 40.9 Å². The first-order valence-electron chi connectivity index (χ1n) is 9.16. The molecule has 5 nitrogen and oxygen atoms in total. The number of fused-ring (bicyclic) bond motifs is 1. The molecule has 0 bridgehead atoms. The summed E-state index contributed by atoms with van der Waals surface area (Å²) < 4.78 is 0. The summed E-state index contributed by atoms with van der Waals surface area (Å²) >= 11 is 1.63. The molecule has 3 aromatic heterocycles. The molecule has 6 heteroatoms. The molecule has 0 spiro atoms. The van der Waals surface area contributed by atoms with Gasteiger partial charge in [0, 0.05) is 47.9 Å². The predicted octanol–water partition coefficient (Wildman–Crippen LogP) is 4.39. The lowest BCUT2D eigenvalue weighted by atomic mass is 9.99. The summed E-state index contributed by atoms with van der Waals surface area (Å²) in [4.78, 5) is 26.9. The maximum atomic E-state index is 13.0. The van der Waals surface area contributed by atoms with Crippen LogP contribution in [0.15, 0.2) is 54.0 Å². The second-order valence-electron chi connectivity index (χ2n) is 6.86. The number of thioether (sulfide) groups is 1. The smallest absolute Gasteiger partial charge is 0.256 e. The summed E-state index contributed by atoms with van der Waals surface area (Å²) in [5, 5.41) is 2.33. The van der Waals surface area contributed by atoms with Crippen LogP contribution < -0.4 is 0 Å². The first-order chi connectivity index (χ1) is 13.1. The van der Waals surface area contributed by atoms with Gasteiger partial charge in [-0.1, -0.05) is 19.9 Å². The zero-order valence-electron chi connectivity index (χ0n) is 15.5. The average molecular weight is 379 g/mol. The van der Waals surface area contributed by atoms with Gasteiger partial charge in [-0.05, 0) is 36.3 Å². The van der Waals surface area contributed by atoms with E-state index in [-0.39, 0.29) is 5.91 Å². The molecule has 0 saturated heterocycles. The molecule has 1 aliphatic rings. The number of carbonyl (C=O) groups excluding carboxylic acids is 1. The van der Waals surface area contributed by atoms with Gasteiger partial charge < -0.3 is 9.88 Å². The van der Waals surface area contributed by atoms with Crippen LogP contribution in [-0.2, 0) is 0 Å². The Morgan fingerprint density at radius 1 is 1.22 bits per heavy atom. The lowest BCUT2D eigenvalue weighted by Gasteiger charge is -2.27. The van der Waals surface area contributed by atoms with E-state index in [9.17, 15) is 4.79 Å². The number of hydrogen-bond acceptors (Lipinski definition) is 4. The Bertz CT molecular complexity index is 1010. The zero-order chi connectivity index (χ0) is 18.8. The van der Waals surface area contributed by atoms with Crippen LogP contribution in [0.5, 0.6) is 0 Å². The highest BCUT2D eigenvalue weighted by molar-refractivity contribution is 7.99. The number of nitrogens with zero attached hydrogens (tertiary/aromatic N) is 3. The first kappa shape index (κ1) is 17.8. The van der Waals surface area contributed by atoms with E-state index in [1.54, 1.807) is 24.2 Å². The fourth-order valence-corrected chi connectivity index (χ4v) is 4.21. The van der Waals surface area contributed by atoms with Crippen molar-refractivity contribution < 1.29 is 4.79 Å². The van der Waals surface area contributed by atoms with E-state index in [0.29, 0.717) is 23.9 Å². The van der Waals surface area contributed by atoms with Crippen molar-refractivity contribution in [1.82, 2.24) is 19.9 Å². The number of pyridine rings is 2. The third kappa shape index (κ3) is 3.62. The molecule has 0 fully saturated rings. The van der Waals surface area contributed by atoms with Gasteiger partial charge in [0.15, 0.2) is 0 Å². The van der Waals surface area contributed by atoms with E-state index in [4.69, 9.17) is 0 Å². The molecule has 3 aromatic rings. The fourth-order valence-electron chi connectivity index (χ4n) is 3.36. The van der Waals surface area contributed by atoms with Crippen LogP contribution in [0.2, 0.25) is 0 Å². The topological polar surface area (TPSA) is 61.9 Å². The lowest BCUT2D eigenvalue weighted by Crippen LogP contribution is -2.35. The lowest BCUT2D eigenvalue weighted by molar-refractivity contribution is 0.0768. The van der Waals surface area contributed by atoms with Crippen molar-refractivity contribution in [2.45, 2.75) is 30.5 Å². The number of aromatic nitrogens is 3. The molecule has 1 aliphatic heterocycles. The van der Waals surface area contributed by atoms with Crippen molar-refractivity contribution in [2.24, 2.45) is 0 Å². The average Bonchev–Trinajstić information content (AvgIpc) is 3.12. The van der Waals surface area contributed by atoms with Gasteiger partial charge in [0.05, 0.1) is 5.56 Å². The Hall–Kier alpha value is -2.60. The highest BCUT2D eigenvalue weighted by Gasteiger charge is 2.23. The predicted molar refractivity (Wildman–Crippen MR) is 110 cm³/mol. The van der Waals surface area contributed by atoms with Gasteiger partial charge in [0.1, 0.15) is 10.7 Å². The van der Waals surface area contributed by atoms with Crippen LogP contribution in [0, 0.1) is 0 Å². The molecule has 1 amide bonds. The molecule has 0 radical (unpaired) electrons.